The molecule has 4 unspecified atom stereocenters. The van der Waals surface area contributed by atoms with Crippen molar-refractivity contribution in [2.24, 2.45) is 4.99 Å². The number of benzene rings is 2. The number of nitrogens with zero attached hydrogens (tertiary/aromatic N) is 3. The molecule has 0 spiro atoms. The van der Waals surface area contributed by atoms with Crippen LogP contribution in [0.5, 0.6) is 0 Å². The van der Waals surface area contributed by atoms with Gasteiger partial charge in [0.05, 0.1) is 16.3 Å². The minimum absolute atomic E-state index is 0.0111. The standard InChI is InChI=1S/C44H62N8O9S2/c1-28(53)45-22-12-10-17-33(38(55)47-30-18-19-32-36(24-30)63-41(49-32)40-50-35(27-62-40)42(57)58)46-25-31(16-11-13-23-52(5)6)48-39(56)34(20-21-37(54)61-44(2,3)4)51-43(59)60-26-29-14-8-7-9-15-29/h7-9,14-15,18-19,24,31,33-35,46H,10-13,16-17,20-23,25-27H2,1-6H3,(H,45,53)(H,47,55)(H,48,56)(H,51,59)(H,57,58). The molecular formula is C44H62N8O9S2. The van der Waals surface area contributed by atoms with Crippen molar-refractivity contribution in [3.05, 3.63) is 59.1 Å². The molecule has 1 aliphatic heterocycles. The number of carbonyl (C=O) groups excluding carboxylic acids is 5. The van der Waals surface area contributed by atoms with Gasteiger partial charge in [-0.05, 0) is 104 Å². The predicted molar refractivity (Wildman–Crippen MR) is 246 cm³/mol. The number of alkyl carbamates (subject to hydrolysis) is 1. The maximum Gasteiger partial charge on any atom is 0.408 e. The molecule has 1 aliphatic rings. The van der Waals surface area contributed by atoms with E-state index in [0.717, 1.165) is 29.6 Å². The molecule has 3 aromatic rings. The van der Waals surface area contributed by atoms with E-state index in [-0.39, 0.29) is 37.8 Å². The van der Waals surface area contributed by atoms with E-state index in [2.05, 4.69) is 41.5 Å². The Morgan fingerprint density at radius 1 is 0.921 bits per heavy atom. The number of anilines is 1. The summed E-state index contributed by atoms with van der Waals surface area (Å²) in [6.45, 7) is 8.20. The number of carboxylic acids is 1. The third-order valence-electron chi connectivity index (χ3n) is 9.63. The number of aromatic nitrogens is 1. The predicted octanol–water partition coefficient (Wildman–Crippen LogP) is 5.08. The third kappa shape index (κ3) is 18.6. The molecule has 0 bridgehead atoms. The van der Waals surface area contributed by atoms with E-state index >= 15 is 0 Å². The van der Waals surface area contributed by atoms with Crippen molar-refractivity contribution in [2.45, 2.75) is 115 Å². The molecule has 2 heterocycles. The molecule has 4 rings (SSSR count). The summed E-state index contributed by atoms with van der Waals surface area (Å²) in [5, 5.41) is 25.5. The van der Waals surface area contributed by atoms with Crippen LogP contribution >= 0.6 is 23.1 Å². The molecule has 0 saturated heterocycles. The minimum Gasteiger partial charge on any atom is -0.480 e. The summed E-state index contributed by atoms with van der Waals surface area (Å²) in [6, 6.07) is 11.4. The van der Waals surface area contributed by atoms with Crippen molar-refractivity contribution < 1.29 is 43.3 Å². The zero-order chi connectivity index (χ0) is 45.9. The Morgan fingerprint density at radius 3 is 2.35 bits per heavy atom. The number of nitrogens with one attached hydrogen (secondary N) is 5. The Bertz CT molecular complexity index is 2040. The van der Waals surface area contributed by atoms with Gasteiger partial charge >= 0.3 is 18.0 Å². The van der Waals surface area contributed by atoms with Gasteiger partial charge in [-0.2, -0.15) is 0 Å². The van der Waals surface area contributed by atoms with Crippen molar-refractivity contribution in [3.8, 4) is 0 Å². The van der Waals surface area contributed by atoms with Crippen LogP contribution in [0.4, 0.5) is 10.5 Å². The number of unbranched alkanes of at least 4 members (excludes halogenated alkanes) is 2. The topological polar surface area (TPSA) is 230 Å². The molecule has 0 saturated carbocycles. The van der Waals surface area contributed by atoms with Gasteiger partial charge in [0.25, 0.3) is 0 Å². The van der Waals surface area contributed by atoms with Gasteiger partial charge in [0.2, 0.25) is 17.7 Å². The zero-order valence-electron chi connectivity index (χ0n) is 37.0. The summed E-state index contributed by atoms with van der Waals surface area (Å²) >= 11 is 2.72. The van der Waals surface area contributed by atoms with Gasteiger partial charge in [-0.3, -0.25) is 24.2 Å². The van der Waals surface area contributed by atoms with E-state index in [1.807, 2.05) is 50.5 Å². The smallest absolute Gasteiger partial charge is 0.408 e. The van der Waals surface area contributed by atoms with Crippen LogP contribution in [0.25, 0.3) is 10.2 Å². The monoisotopic (exact) mass is 910 g/mol. The summed E-state index contributed by atoms with van der Waals surface area (Å²) < 4.78 is 11.7. The lowest BCUT2D eigenvalue weighted by Gasteiger charge is -2.26. The number of esters is 1. The van der Waals surface area contributed by atoms with Gasteiger partial charge in [0.1, 0.15) is 28.3 Å². The van der Waals surface area contributed by atoms with E-state index in [1.165, 1.54) is 30.0 Å². The van der Waals surface area contributed by atoms with Crippen LogP contribution in [0.2, 0.25) is 0 Å². The summed E-state index contributed by atoms with van der Waals surface area (Å²) in [7, 11) is 3.97. The second kappa shape index (κ2) is 25.3. The van der Waals surface area contributed by atoms with Crippen molar-refractivity contribution in [1.82, 2.24) is 31.2 Å². The van der Waals surface area contributed by atoms with Gasteiger partial charge in [-0.1, -0.05) is 36.8 Å². The van der Waals surface area contributed by atoms with Crippen molar-refractivity contribution in [2.75, 3.05) is 44.8 Å². The van der Waals surface area contributed by atoms with Crippen LogP contribution in [0.15, 0.2) is 53.5 Å². The molecule has 4 atom stereocenters. The number of rotatable bonds is 25. The second-order valence-electron chi connectivity index (χ2n) is 16.6. The van der Waals surface area contributed by atoms with E-state index in [4.69, 9.17) is 9.47 Å². The molecule has 63 heavy (non-hydrogen) atoms. The first-order valence-corrected chi connectivity index (χ1v) is 23.0. The zero-order valence-corrected chi connectivity index (χ0v) is 38.6. The number of fused-ring (bicyclic) bond motifs is 1. The molecule has 1 aromatic heterocycles. The lowest BCUT2D eigenvalue weighted by atomic mass is 10.0. The third-order valence-corrected chi connectivity index (χ3v) is 11.8. The molecule has 0 fully saturated rings. The number of aliphatic carboxylic acids is 1. The maximum atomic E-state index is 14.0. The molecule has 6 N–H and O–H groups in total. The normalized spacial score (nSPS) is 15.2. The second-order valence-corrected chi connectivity index (χ2v) is 18.7. The summed E-state index contributed by atoms with van der Waals surface area (Å²) in [6.07, 6.45) is 2.86. The van der Waals surface area contributed by atoms with E-state index < -0.39 is 53.7 Å². The highest BCUT2D eigenvalue weighted by Gasteiger charge is 2.29. The Balaban J connectivity index is 1.49. The summed E-state index contributed by atoms with van der Waals surface area (Å²) in [4.78, 5) is 87.7. The number of thiazole rings is 1. The number of aliphatic imine (C=N–C) groups is 1. The van der Waals surface area contributed by atoms with Gasteiger partial charge < -0.3 is 46.1 Å². The van der Waals surface area contributed by atoms with Gasteiger partial charge in [-0.25, -0.2) is 14.6 Å². The highest BCUT2D eigenvalue weighted by atomic mass is 32.2. The fourth-order valence-corrected chi connectivity index (χ4v) is 8.57. The summed E-state index contributed by atoms with van der Waals surface area (Å²) in [5.41, 5.74) is 1.27. The molecule has 17 nitrogen and oxygen atoms in total. The Morgan fingerprint density at radius 2 is 1.67 bits per heavy atom. The Labute approximate surface area is 377 Å². The largest absolute Gasteiger partial charge is 0.480 e. The van der Waals surface area contributed by atoms with E-state index in [1.54, 1.807) is 32.9 Å². The Kier molecular flexibility index (Phi) is 20.3. The number of hydrogen-bond donors (Lipinski definition) is 6. The van der Waals surface area contributed by atoms with E-state index in [9.17, 15) is 33.9 Å². The fraction of sp³-hybridized carbons (Fsp3) is 0.545. The van der Waals surface area contributed by atoms with Gasteiger partial charge in [-0.15, -0.1) is 23.1 Å². The number of amides is 4. The van der Waals surface area contributed by atoms with Crippen molar-refractivity contribution in [3.63, 3.8) is 0 Å². The van der Waals surface area contributed by atoms with Crippen LogP contribution in [-0.2, 0) is 40.1 Å². The highest BCUT2D eigenvalue weighted by molar-refractivity contribution is 8.15. The molecule has 344 valence electrons. The first kappa shape index (κ1) is 50.5. The maximum absolute atomic E-state index is 14.0. The average molecular weight is 911 g/mol. The van der Waals surface area contributed by atoms with Crippen LogP contribution < -0.4 is 26.6 Å². The molecule has 0 radical (unpaired) electrons. The quantitative estimate of drug-likeness (QED) is 0.0482. The lowest BCUT2D eigenvalue weighted by molar-refractivity contribution is -0.155. The minimum atomic E-state index is -1.13. The lowest BCUT2D eigenvalue weighted by Crippen LogP contribution is -2.53. The number of carbonyl (C=O) groups is 6. The van der Waals surface area contributed by atoms with Gasteiger partial charge in [0.15, 0.2) is 6.04 Å². The molecule has 4 amide bonds. The van der Waals surface area contributed by atoms with E-state index in [0.29, 0.717) is 59.2 Å². The average Bonchev–Trinajstić information content (AvgIpc) is 3.89. The number of hydrogen-bond acceptors (Lipinski definition) is 14. The first-order valence-electron chi connectivity index (χ1n) is 21.2. The number of ether oxygens (including phenoxy) is 2. The number of thioether (sulfide) groups is 1. The number of carboxylic acid groups (broad SMARTS) is 1. The SMILES string of the molecule is CC(=O)NCCCCC(NCC(CCCCN(C)C)NC(=O)C(CCC(=O)OC(C)(C)C)NC(=O)OCc1ccccc1)C(=O)Nc1ccc2nc(C3=NC(C(=O)O)CS3)sc2c1. The summed E-state index contributed by atoms with van der Waals surface area (Å²) in [5.74, 6) is -2.09. The van der Waals surface area contributed by atoms with Crippen molar-refractivity contribution >= 4 is 79.8 Å². The molecular weight excluding hydrogens is 849 g/mol. The molecule has 2 aromatic carbocycles. The first-order chi connectivity index (χ1) is 29.9. The van der Waals surface area contributed by atoms with Crippen LogP contribution in [0, 0.1) is 0 Å². The van der Waals surface area contributed by atoms with Gasteiger partial charge in [0, 0.05) is 43.9 Å². The van der Waals surface area contributed by atoms with Crippen LogP contribution in [-0.4, -0.2) is 125 Å². The highest BCUT2D eigenvalue weighted by Crippen LogP contribution is 2.31. The van der Waals surface area contributed by atoms with Crippen LogP contribution in [0.3, 0.4) is 0 Å². The molecule has 19 heteroatoms. The van der Waals surface area contributed by atoms with Crippen molar-refractivity contribution in [1.29, 1.82) is 0 Å². The van der Waals surface area contributed by atoms with Crippen LogP contribution in [0.1, 0.15) is 89.6 Å². The Hall–Kier alpha value is -5.11. The molecule has 0 aliphatic carbocycles. The fourth-order valence-electron chi connectivity index (χ4n) is 6.47.